The first-order valence-electron chi connectivity index (χ1n) is 15.6. The van der Waals surface area contributed by atoms with E-state index in [9.17, 15) is 0 Å². The summed E-state index contributed by atoms with van der Waals surface area (Å²) in [5, 5.41) is 0. The number of rotatable bonds is 0. The topological polar surface area (TPSA) is 0 Å². The van der Waals surface area contributed by atoms with Gasteiger partial charge >= 0.3 is 0 Å². The number of aryl methyl sites for hydroxylation is 1. The van der Waals surface area contributed by atoms with Crippen LogP contribution in [-0.2, 0) is 38.5 Å². The molecule has 1 aliphatic carbocycles. The van der Waals surface area contributed by atoms with Crippen LogP contribution in [0.3, 0.4) is 0 Å². The molecule has 0 atom stereocenters. The Bertz CT molecular complexity index is 1890. The quantitative estimate of drug-likeness (QED) is 0.175. The van der Waals surface area contributed by atoms with E-state index in [-0.39, 0.29) is 0 Å². The van der Waals surface area contributed by atoms with E-state index in [2.05, 4.69) is 146 Å². The zero-order valence-corrected chi connectivity index (χ0v) is 25.0. The molecular formula is C43H38. The Kier molecular flexibility index (Phi) is 7.76. The van der Waals surface area contributed by atoms with Crippen molar-refractivity contribution in [3.8, 4) is 0 Å². The van der Waals surface area contributed by atoms with Gasteiger partial charge in [0.15, 0.2) is 0 Å². The maximum absolute atomic E-state index is 2.43. The third-order valence-electron chi connectivity index (χ3n) is 8.81. The monoisotopic (exact) mass is 554 g/mol. The molecule has 0 fully saturated rings. The van der Waals surface area contributed by atoms with Crippen molar-refractivity contribution in [1.82, 2.24) is 0 Å². The van der Waals surface area contributed by atoms with Gasteiger partial charge in [-0.05, 0) is 118 Å². The molecule has 0 saturated carbocycles. The Morgan fingerprint density at radius 1 is 0.279 bits per heavy atom. The summed E-state index contributed by atoms with van der Waals surface area (Å²) in [5.74, 6) is 0. The summed E-state index contributed by atoms with van der Waals surface area (Å²) in [6.45, 7) is 2.24. The predicted octanol–water partition coefficient (Wildman–Crippen LogP) is 9.85. The maximum Gasteiger partial charge on any atom is -0.00229 e. The maximum atomic E-state index is 2.43. The van der Waals surface area contributed by atoms with Crippen molar-refractivity contribution in [2.45, 2.75) is 45.4 Å². The highest BCUT2D eigenvalue weighted by molar-refractivity contribution is 5.41. The van der Waals surface area contributed by atoms with E-state index in [4.69, 9.17) is 0 Å². The Morgan fingerprint density at radius 2 is 0.535 bits per heavy atom. The SMILES string of the molecule is Cc1ccc2cc1Cc1cccc(c1)Cc1cccc(c1)Cc1cccc(c1)Cc1cccc(c1)Cc1cccc(c1)C2. The molecule has 1 aliphatic rings. The van der Waals surface area contributed by atoms with Gasteiger partial charge in [-0.25, -0.2) is 0 Å². The lowest BCUT2D eigenvalue weighted by atomic mass is 9.93. The molecule has 0 heterocycles. The van der Waals surface area contributed by atoms with E-state index < -0.39 is 0 Å². The third kappa shape index (κ3) is 6.87. The van der Waals surface area contributed by atoms with Crippen LogP contribution < -0.4 is 0 Å². The number of fused-ring (bicyclic) bond motifs is 12. The van der Waals surface area contributed by atoms with E-state index in [1.807, 2.05) is 0 Å². The molecule has 210 valence electrons. The molecular weight excluding hydrogens is 516 g/mol. The van der Waals surface area contributed by atoms with Gasteiger partial charge in [0.1, 0.15) is 0 Å². The van der Waals surface area contributed by atoms with Gasteiger partial charge in [0.05, 0.1) is 0 Å². The molecule has 0 amide bonds. The van der Waals surface area contributed by atoms with Crippen molar-refractivity contribution in [2.24, 2.45) is 0 Å². The van der Waals surface area contributed by atoms with E-state index in [1.54, 1.807) is 0 Å². The van der Waals surface area contributed by atoms with Gasteiger partial charge < -0.3 is 0 Å². The van der Waals surface area contributed by atoms with Crippen molar-refractivity contribution in [3.05, 3.63) is 212 Å². The van der Waals surface area contributed by atoms with Crippen molar-refractivity contribution < 1.29 is 0 Å². The largest absolute Gasteiger partial charge is 0.0617 e. The van der Waals surface area contributed by atoms with E-state index in [1.165, 1.54) is 72.3 Å². The van der Waals surface area contributed by atoms with Gasteiger partial charge in [0.2, 0.25) is 0 Å². The molecule has 7 rings (SSSR count). The van der Waals surface area contributed by atoms with Gasteiger partial charge in [-0.2, -0.15) is 0 Å². The Balaban J connectivity index is 1.26. The third-order valence-corrected chi connectivity index (χ3v) is 8.81. The van der Waals surface area contributed by atoms with Gasteiger partial charge in [-0.3, -0.25) is 0 Å². The summed E-state index contributed by atoms with van der Waals surface area (Å²) in [4.78, 5) is 0. The van der Waals surface area contributed by atoms with E-state index >= 15 is 0 Å². The van der Waals surface area contributed by atoms with Crippen LogP contribution in [0.2, 0.25) is 0 Å². The molecule has 0 N–H and O–H groups in total. The normalized spacial score (nSPS) is 13.1. The molecule has 6 aromatic rings. The number of hydrogen-bond acceptors (Lipinski definition) is 0. The molecule has 0 heteroatoms. The molecule has 0 aliphatic heterocycles. The number of hydrogen-bond donors (Lipinski definition) is 0. The van der Waals surface area contributed by atoms with Crippen molar-refractivity contribution in [3.63, 3.8) is 0 Å². The minimum absolute atomic E-state index is 0.952. The summed E-state index contributed by atoms with van der Waals surface area (Å²) in [7, 11) is 0. The molecule has 0 nitrogen and oxygen atoms in total. The average molecular weight is 555 g/mol. The van der Waals surface area contributed by atoms with Crippen molar-refractivity contribution in [1.29, 1.82) is 0 Å². The first kappa shape index (κ1) is 27.2. The van der Waals surface area contributed by atoms with E-state index in [0.717, 1.165) is 38.5 Å². The van der Waals surface area contributed by atoms with Crippen molar-refractivity contribution in [2.75, 3.05) is 0 Å². The Morgan fingerprint density at radius 3 is 0.837 bits per heavy atom. The molecule has 0 radical (unpaired) electrons. The minimum Gasteiger partial charge on any atom is -0.0617 e. The predicted molar refractivity (Wildman–Crippen MR) is 180 cm³/mol. The molecule has 0 spiro atoms. The summed E-state index contributed by atoms with van der Waals surface area (Å²) in [6, 6.07) is 52.8. The van der Waals surface area contributed by atoms with Crippen molar-refractivity contribution >= 4 is 0 Å². The van der Waals surface area contributed by atoms with Gasteiger partial charge in [-0.1, -0.05) is 140 Å². The second kappa shape index (κ2) is 12.3. The summed E-state index contributed by atoms with van der Waals surface area (Å²) < 4.78 is 0. The standard InChI is InChI=1S/C43H38/c1-31-17-18-42-28-40-14-5-13-38(26-40)24-36-10-3-9-34(22-36)20-32-7-2-8-33(19-32)21-35-11-4-12-37(23-35)25-39-15-6-16-41(27-39)29-43(31)30-42/h2-19,22-23,26-27,30H,20-21,24-25,28-29H2,1H3. The van der Waals surface area contributed by atoms with Gasteiger partial charge in [0.25, 0.3) is 0 Å². The summed E-state index contributed by atoms with van der Waals surface area (Å²) in [5.41, 5.74) is 17.9. The fraction of sp³-hybridized carbons (Fsp3) is 0.163. The van der Waals surface area contributed by atoms with Crippen LogP contribution >= 0.6 is 0 Å². The zero-order chi connectivity index (χ0) is 29.0. The molecule has 43 heavy (non-hydrogen) atoms. The fourth-order valence-electron chi connectivity index (χ4n) is 6.67. The summed E-state index contributed by atoms with van der Waals surface area (Å²) >= 11 is 0. The molecule has 6 aromatic carbocycles. The first-order chi connectivity index (χ1) is 21.1. The number of benzene rings is 6. The Labute approximate surface area is 256 Å². The summed E-state index contributed by atoms with van der Waals surface area (Å²) in [6.07, 6.45) is 5.72. The van der Waals surface area contributed by atoms with Crippen LogP contribution in [0.15, 0.2) is 140 Å². The highest BCUT2D eigenvalue weighted by Crippen LogP contribution is 2.23. The van der Waals surface area contributed by atoms with Crippen LogP contribution in [-0.4, -0.2) is 0 Å². The second-order valence-electron chi connectivity index (χ2n) is 12.4. The lowest BCUT2D eigenvalue weighted by Crippen LogP contribution is -1.98. The van der Waals surface area contributed by atoms with Crippen LogP contribution in [0.5, 0.6) is 0 Å². The van der Waals surface area contributed by atoms with Gasteiger partial charge in [-0.15, -0.1) is 0 Å². The van der Waals surface area contributed by atoms with Crippen LogP contribution in [0.25, 0.3) is 0 Å². The minimum atomic E-state index is 0.952. The zero-order valence-electron chi connectivity index (χ0n) is 25.0. The highest BCUT2D eigenvalue weighted by Gasteiger charge is 2.08. The second-order valence-corrected chi connectivity index (χ2v) is 12.4. The van der Waals surface area contributed by atoms with E-state index in [0.29, 0.717) is 0 Å². The average Bonchev–Trinajstić information content (AvgIpc) is 3.00. The van der Waals surface area contributed by atoms with Crippen LogP contribution in [0.1, 0.15) is 72.3 Å². The molecule has 0 saturated heterocycles. The molecule has 0 aromatic heterocycles. The Hall–Kier alpha value is -4.68. The molecule has 12 bridgehead atoms. The smallest absolute Gasteiger partial charge is 0.00229 e. The highest BCUT2D eigenvalue weighted by atomic mass is 14.1. The lowest BCUT2D eigenvalue weighted by molar-refractivity contribution is 1.08. The molecule has 0 unspecified atom stereocenters. The fourth-order valence-corrected chi connectivity index (χ4v) is 6.67. The van der Waals surface area contributed by atoms with Gasteiger partial charge in [0, 0.05) is 0 Å². The van der Waals surface area contributed by atoms with Crippen LogP contribution in [0, 0.1) is 6.92 Å². The lowest BCUT2D eigenvalue weighted by Gasteiger charge is -2.12. The van der Waals surface area contributed by atoms with Crippen LogP contribution in [0.4, 0.5) is 0 Å². The first-order valence-corrected chi connectivity index (χ1v) is 15.6.